The minimum absolute atomic E-state index is 0.218. The first-order valence-corrected chi connectivity index (χ1v) is 35.5. The molecule has 107 heavy (non-hydrogen) atoms. The summed E-state index contributed by atoms with van der Waals surface area (Å²) in [7, 11) is 6.53. The van der Waals surface area contributed by atoms with Gasteiger partial charge in [0.1, 0.15) is 26.4 Å². The molecule has 2 aliphatic rings. The topological polar surface area (TPSA) is 330 Å². The number of nitrogen functional groups attached to an aromatic ring is 4. The van der Waals surface area contributed by atoms with Gasteiger partial charge in [0, 0.05) is 50.7 Å². The molecule has 8 aromatic carbocycles. The van der Waals surface area contributed by atoms with Crippen molar-refractivity contribution in [1.29, 1.82) is 0 Å². The van der Waals surface area contributed by atoms with Crippen molar-refractivity contribution in [3.8, 4) is 113 Å². The monoisotopic (exact) mass is 1460 g/mol. The predicted octanol–water partition coefficient (Wildman–Crippen LogP) is 11.4. The van der Waals surface area contributed by atoms with Gasteiger partial charge in [0.15, 0.2) is 23.0 Å². The molecule has 0 saturated heterocycles. The van der Waals surface area contributed by atoms with E-state index < -0.39 is 5.41 Å². The fraction of sp³-hybridized carbons (Fsp3) is 0.358. The van der Waals surface area contributed by atoms with Gasteiger partial charge in [0.2, 0.25) is 23.6 Å². The van der Waals surface area contributed by atoms with Crippen molar-refractivity contribution in [3.05, 3.63) is 168 Å². The Morgan fingerprint density at radius 1 is 0.243 bits per heavy atom. The fourth-order valence-corrected chi connectivity index (χ4v) is 12.7. The molecule has 8 N–H and O–H groups in total. The van der Waals surface area contributed by atoms with Crippen LogP contribution in [0.2, 0.25) is 0 Å². The molecule has 1 spiro atoms. The zero-order valence-electron chi connectivity index (χ0n) is 60.8. The maximum Gasteiger partial charge on any atom is 0.248 e. The van der Waals surface area contributed by atoms with Gasteiger partial charge in [-0.15, -0.1) is 20.4 Å². The highest BCUT2D eigenvalue weighted by molar-refractivity contribution is 5.98. The lowest BCUT2D eigenvalue weighted by atomic mass is 9.69. The zero-order chi connectivity index (χ0) is 74.2. The van der Waals surface area contributed by atoms with Gasteiger partial charge in [0.05, 0.1) is 160 Å². The Morgan fingerprint density at radius 3 is 0.776 bits per heavy atom. The van der Waals surface area contributed by atoms with Gasteiger partial charge < -0.3 is 108 Å². The number of nitrogens with two attached hydrogens (primary N) is 4. The molecular weight excluding hydrogens is 1370 g/mol. The van der Waals surface area contributed by atoms with Gasteiger partial charge in [-0.2, -0.15) is 0 Å². The van der Waals surface area contributed by atoms with Gasteiger partial charge >= 0.3 is 0 Å². The number of nitrogens with zero attached hydrogens (tertiary/aromatic N) is 4. The van der Waals surface area contributed by atoms with E-state index in [0.29, 0.717) is 200 Å². The van der Waals surface area contributed by atoms with Crippen LogP contribution in [0.1, 0.15) is 22.3 Å². The van der Waals surface area contributed by atoms with Gasteiger partial charge in [-0.1, -0.05) is 48.5 Å². The first-order valence-electron chi connectivity index (χ1n) is 35.5. The lowest BCUT2D eigenvalue weighted by molar-refractivity contribution is 0.0160. The van der Waals surface area contributed by atoms with Gasteiger partial charge in [-0.25, -0.2) is 0 Å². The first-order chi connectivity index (χ1) is 52.6. The van der Waals surface area contributed by atoms with Crippen LogP contribution in [0, 0.1) is 0 Å². The van der Waals surface area contributed by atoms with Crippen molar-refractivity contribution < 1.29 is 84.6 Å². The number of hydrogen-bond donors (Lipinski definition) is 4. The van der Waals surface area contributed by atoms with Crippen LogP contribution in [-0.2, 0) is 62.3 Å². The number of fused-ring (bicyclic) bond motifs is 10. The second-order valence-electron chi connectivity index (χ2n) is 24.9. The minimum Gasteiger partial charge on any atom is -0.487 e. The molecule has 0 aliphatic heterocycles. The molecule has 10 aromatic rings. The molecule has 0 amide bonds. The molecule has 26 nitrogen and oxygen atoms in total. The average Bonchev–Trinajstić information content (AvgIpc) is 1.50. The summed E-state index contributed by atoms with van der Waals surface area (Å²) in [5.74, 6) is 2.94. The second-order valence-corrected chi connectivity index (χ2v) is 24.9. The van der Waals surface area contributed by atoms with Crippen LogP contribution >= 0.6 is 0 Å². The third-order valence-corrected chi connectivity index (χ3v) is 18.0. The van der Waals surface area contributed by atoms with Crippen LogP contribution in [0.5, 0.6) is 23.0 Å². The Balaban J connectivity index is 0.903. The summed E-state index contributed by atoms with van der Waals surface area (Å²) in [6.45, 7) is 9.37. The van der Waals surface area contributed by atoms with Crippen molar-refractivity contribution in [2.45, 2.75) is 5.41 Å². The van der Waals surface area contributed by atoms with E-state index in [1.807, 2.05) is 84.9 Å². The molecule has 2 aromatic heterocycles. The largest absolute Gasteiger partial charge is 0.487 e. The summed E-state index contributed by atoms with van der Waals surface area (Å²) in [4.78, 5) is 0. The molecule has 0 fully saturated rings. The third-order valence-electron chi connectivity index (χ3n) is 18.0. The summed E-state index contributed by atoms with van der Waals surface area (Å²) in [5, 5.41) is 18.8. The predicted molar refractivity (Wildman–Crippen MR) is 405 cm³/mol. The minimum atomic E-state index is -1.05. The zero-order valence-corrected chi connectivity index (χ0v) is 60.8. The van der Waals surface area contributed by atoms with E-state index in [4.69, 9.17) is 118 Å². The molecular formula is C81H92N8O18. The lowest BCUT2D eigenvalue weighted by Crippen LogP contribution is -2.26. The molecule has 2 aliphatic carbocycles. The lowest BCUT2D eigenvalue weighted by Gasteiger charge is -2.31. The van der Waals surface area contributed by atoms with Crippen molar-refractivity contribution in [2.75, 3.05) is 210 Å². The van der Waals surface area contributed by atoms with E-state index in [1.54, 1.807) is 28.4 Å². The molecule has 0 bridgehead atoms. The van der Waals surface area contributed by atoms with Crippen molar-refractivity contribution in [1.82, 2.24) is 20.4 Å². The number of aromatic nitrogens is 4. The van der Waals surface area contributed by atoms with E-state index >= 15 is 0 Å². The summed E-state index contributed by atoms with van der Waals surface area (Å²) < 4.78 is 104. The Kier molecular flexibility index (Phi) is 27.5. The van der Waals surface area contributed by atoms with E-state index in [9.17, 15) is 0 Å². The fourth-order valence-electron chi connectivity index (χ4n) is 12.7. The average molecular weight is 1470 g/mol. The van der Waals surface area contributed by atoms with Crippen molar-refractivity contribution >= 4 is 22.7 Å². The molecule has 26 heteroatoms. The van der Waals surface area contributed by atoms with E-state index in [2.05, 4.69) is 70.9 Å². The quantitative estimate of drug-likeness (QED) is 0.0203. The van der Waals surface area contributed by atoms with Crippen molar-refractivity contribution in [2.24, 2.45) is 0 Å². The Labute approximate surface area is 621 Å². The molecule has 564 valence electrons. The van der Waals surface area contributed by atoms with Crippen LogP contribution in [0.15, 0.2) is 154 Å². The molecule has 0 saturated carbocycles. The molecule has 0 radical (unpaired) electrons. The molecule has 0 unspecified atom stereocenters. The van der Waals surface area contributed by atoms with E-state index in [0.717, 1.165) is 66.8 Å². The Morgan fingerprint density at radius 2 is 0.477 bits per heavy atom. The Hall–Kier alpha value is -10.0. The highest BCUT2D eigenvalue weighted by Gasteiger charge is 2.52. The van der Waals surface area contributed by atoms with Gasteiger partial charge in [0.25, 0.3) is 0 Å². The molecule has 12 rings (SSSR count). The first kappa shape index (κ1) is 76.6. The number of benzene rings is 8. The van der Waals surface area contributed by atoms with Crippen LogP contribution in [-0.4, -0.2) is 207 Å². The number of hydrogen-bond acceptors (Lipinski definition) is 26. The summed E-state index contributed by atoms with van der Waals surface area (Å²) in [6.07, 6.45) is 0. The van der Waals surface area contributed by atoms with E-state index in [-0.39, 0.29) is 50.0 Å². The molecule has 0 atom stereocenters. The van der Waals surface area contributed by atoms with Gasteiger partial charge in [-0.05, 0) is 164 Å². The maximum absolute atomic E-state index is 6.73. The Bertz CT molecular complexity index is 4250. The summed E-state index contributed by atoms with van der Waals surface area (Å²) >= 11 is 0. The third kappa shape index (κ3) is 18.9. The highest BCUT2D eigenvalue weighted by atomic mass is 16.6. The highest BCUT2D eigenvalue weighted by Crippen LogP contribution is 2.64. The van der Waals surface area contributed by atoms with Crippen LogP contribution < -0.4 is 41.9 Å². The van der Waals surface area contributed by atoms with Crippen LogP contribution in [0.3, 0.4) is 0 Å². The van der Waals surface area contributed by atoms with Crippen molar-refractivity contribution in [3.63, 3.8) is 0 Å². The normalized spacial score (nSPS) is 12.4. The van der Waals surface area contributed by atoms with E-state index in [1.165, 1.54) is 0 Å². The van der Waals surface area contributed by atoms with Crippen LogP contribution in [0.25, 0.3) is 90.3 Å². The van der Waals surface area contributed by atoms with Crippen LogP contribution in [0.4, 0.5) is 22.7 Å². The number of ether oxygens (including phenoxy) is 16. The number of anilines is 4. The summed E-state index contributed by atoms with van der Waals surface area (Å²) in [6, 6.07) is 48.1. The number of methoxy groups -OCH3 is 4. The smallest absolute Gasteiger partial charge is 0.248 e. The standard InChI is InChI=1S/C81H92N8O18/c1-90-21-25-94-29-33-98-37-41-102-73-19-11-59(51-75(73)104-43-39-100-35-31-96-27-23-92-3)79-88-86-77(106-79)57-7-15-63-64-16-8-58(78-87-89-80(107-78)60-12-20-74(103-42-38-99-34-30-95-26-22-91-2)76(52-60)105-44-40-101-36-32-97-28-24-93-4)48-68(64)81(67(63)47-57)65-45-53(55-9-17-69(82)71(84)49-55)5-13-61(65)62-14-6-54(46-66(62)81)56-10-18-70(83)72(85)50-56/h5-20,45-52H,21-44,82-85H2,1-4H3. The second kappa shape index (κ2) is 38.5. The van der Waals surface area contributed by atoms with Gasteiger partial charge in [-0.3, -0.25) is 0 Å². The number of rotatable bonds is 46. The molecule has 2 heterocycles. The maximum atomic E-state index is 6.73. The SMILES string of the molecule is COCCOCCOCCOc1ccc(-c2nnc(-c3ccc4c(c3)C3(c5cc(-c6ccc(N)c(N)c6)ccc5-c5ccc(-c6ccc(N)c(N)c6)cc53)c3cc(-c5nnc(-c6ccc(OCCOCCOCCOC)c(OCCOCCOCCOC)c6)o5)ccc3-4)o2)cc1OCCOCCOCCOC. The summed E-state index contributed by atoms with van der Waals surface area (Å²) in [5.41, 5.74) is 40.7.